The Morgan fingerprint density at radius 3 is 2.84 bits per heavy atom. The van der Waals surface area contributed by atoms with Gasteiger partial charge in [-0.05, 0) is 74.8 Å². The number of aromatic nitrogens is 4. The predicted molar refractivity (Wildman–Crippen MR) is 147 cm³/mol. The molecule has 2 aromatic heterocycles. The third kappa shape index (κ3) is 5.15. The van der Waals surface area contributed by atoms with Crippen LogP contribution in [0.15, 0.2) is 30.5 Å². The van der Waals surface area contributed by atoms with Crippen molar-refractivity contribution in [1.82, 2.24) is 24.6 Å². The molecule has 8 nitrogen and oxygen atoms in total. The fourth-order valence-electron chi connectivity index (χ4n) is 6.03. The molecule has 0 spiro atoms. The lowest BCUT2D eigenvalue weighted by atomic mass is 9.84. The molecule has 3 heterocycles. The molecule has 1 saturated heterocycles. The summed E-state index contributed by atoms with van der Waals surface area (Å²) in [6.45, 7) is 5.21. The van der Waals surface area contributed by atoms with Crippen molar-refractivity contribution in [2.75, 3.05) is 6.54 Å². The number of allylic oxidation sites excluding steroid dienone is 1. The number of aliphatic carboxylic acids is 1. The summed E-state index contributed by atoms with van der Waals surface area (Å²) in [7, 11) is 0. The minimum absolute atomic E-state index is 0.219. The minimum atomic E-state index is -0.726. The standard InChI is InChI=1S/C28H30Cl2N6O2/c1-16-12-18(5-9-25(16)35-11-3-4-20(35)7-10-26(37)38)24-15-32-27-23(14-31)34-36(28(27)33-24)17(2)21-8-6-19(29)13-22(21)30/h6,8,12-13,15-17,20,25H,3-5,7,9-11H2,1-2H3,(H,37,38). The lowest BCUT2D eigenvalue weighted by Gasteiger charge is -2.38. The van der Waals surface area contributed by atoms with Gasteiger partial charge in [0.05, 0.1) is 17.9 Å². The Hall–Kier alpha value is -2.99. The second kappa shape index (κ2) is 11.0. The normalized spacial score (nSPS) is 22.8. The molecule has 0 bridgehead atoms. The zero-order valence-corrected chi connectivity index (χ0v) is 23.0. The van der Waals surface area contributed by atoms with Gasteiger partial charge in [0.2, 0.25) is 0 Å². The molecule has 1 N–H and O–H groups in total. The fraction of sp³-hybridized carbons (Fsp3) is 0.464. The number of hydrogen-bond donors (Lipinski definition) is 1. The summed E-state index contributed by atoms with van der Waals surface area (Å²) >= 11 is 12.6. The van der Waals surface area contributed by atoms with Crippen molar-refractivity contribution in [2.24, 2.45) is 5.92 Å². The number of carboxylic acids is 1. The van der Waals surface area contributed by atoms with Crippen LogP contribution in [0.1, 0.15) is 75.4 Å². The molecule has 10 heteroatoms. The second-order valence-corrected chi connectivity index (χ2v) is 11.1. The molecular weight excluding hydrogens is 523 g/mol. The molecule has 2 aliphatic rings. The van der Waals surface area contributed by atoms with Crippen LogP contribution in [-0.2, 0) is 4.79 Å². The average Bonchev–Trinajstić information content (AvgIpc) is 3.51. The van der Waals surface area contributed by atoms with E-state index < -0.39 is 5.97 Å². The molecule has 198 valence electrons. The van der Waals surface area contributed by atoms with Crippen molar-refractivity contribution in [2.45, 2.75) is 70.5 Å². The Balaban J connectivity index is 1.44. The lowest BCUT2D eigenvalue weighted by Crippen LogP contribution is -2.43. The summed E-state index contributed by atoms with van der Waals surface area (Å²) in [6.07, 6.45) is 8.96. The van der Waals surface area contributed by atoms with E-state index in [1.807, 2.05) is 13.0 Å². The molecular formula is C28H30Cl2N6O2. The summed E-state index contributed by atoms with van der Waals surface area (Å²) < 4.78 is 1.71. The van der Waals surface area contributed by atoms with Gasteiger partial charge < -0.3 is 5.11 Å². The Labute approximate surface area is 231 Å². The molecule has 1 aliphatic carbocycles. The third-order valence-corrected chi connectivity index (χ3v) is 8.50. The van der Waals surface area contributed by atoms with Crippen molar-refractivity contribution in [3.05, 3.63) is 57.5 Å². The summed E-state index contributed by atoms with van der Waals surface area (Å²) in [6, 6.07) is 7.92. The van der Waals surface area contributed by atoms with E-state index in [0.29, 0.717) is 45.6 Å². The van der Waals surface area contributed by atoms with E-state index in [-0.39, 0.29) is 18.2 Å². The number of likely N-dealkylation sites (tertiary alicyclic amines) is 1. The number of nitrogens with zero attached hydrogens (tertiary/aromatic N) is 6. The number of halogens is 2. The highest BCUT2D eigenvalue weighted by atomic mass is 35.5. The zero-order chi connectivity index (χ0) is 27.0. The van der Waals surface area contributed by atoms with Crippen LogP contribution in [0.5, 0.6) is 0 Å². The molecule has 5 rings (SSSR count). The summed E-state index contributed by atoms with van der Waals surface area (Å²) in [5, 5.41) is 24.4. The fourth-order valence-corrected chi connectivity index (χ4v) is 6.60. The van der Waals surface area contributed by atoms with Gasteiger partial charge in [-0.2, -0.15) is 10.4 Å². The van der Waals surface area contributed by atoms with Crippen LogP contribution in [0.2, 0.25) is 10.0 Å². The van der Waals surface area contributed by atoms with Crippen molar-refractivity contribution in [3.8, 4) is 6.07 Å². The smallest absolute Gasteiger partial charge is 0.303 e. The summed E-state index contributed by atoms with van der Waals surface area (Å²) in [4.78, 5) is 23.2. The van der Waals surface area contributed by atoms with Crippen LogP contribution in [0.25, 0.3) is 16.7 Å². The van der Waals surface area contributed by atoms with Crippen LogP contribution in [0.4, 0.5) is 0 Å². The monoisotopic (exact) mass is 552 g/mol. The Morgan fingerprint density at radius 1 is 1.32 bits per heavy atom. The number of nitriles is 1. The van der Waals surface area contributed by atoms with Gasteiger partial charge >= 0.3 is 5.97 Å². The third-order valence-electron chi connectivity index (χ3n) is 7.94. The van der Waals surface area contributed by atoms with Crippen LogP contribution < -0.4 is 0 Å². The van der Waals surface area contributed by atoms with Crippen molar-refractivity contribution < 1.29 is 9.90 Å². The van der Waals surface area contributed by atoms with Gasteiger partial charge in [0, 0.05) is 28.5 Å². The van der Waals surface area contributed by atoms with E-state index in [0.717, 1.165) is 49.1 Å². The molecule has 3 aromatic rings. The molecule has 0 saturated carbocycles. The van der Waals surface area contributed by atoms with E-state index in [2.05, 4.69) is 34.1 Å². The first-order valence-corrected chi connectivity index (χ1v) is 13.8. The maximum absolute atomic E-state index is 11.1. The Kier molecular flexibility index (Phi) is 7.71. The lowest BCUT2D eigenvalue weighted by molar-refractivity contribution is -0.137. The number of carboxylic acid groups (broad SMARTS) is 1. The van der Waals surface area contributed by atoms with E-state index in [1.165, 1.54) is 0 Å². The van der Waals surface area contributed by atoms with Gasteiger partial charge in [-0.15, -0.1) is 0 Å². The van der Waals surface area contributed by atoms with Crippen molar-refractivity contribution in [1.29, 1.82) is 5.26 Å². The van der Waals surface area contributed by atoms with E-state index in [9.17, 15) is 10.1 Å². The first kappa shape index (κ1) is 26.6. The number of hydrogen-bond acceptors (Lipinski definition) is 6. The Bertz CT molecular complexity index is 1450. The highest BCUT2D eigenvalue weighted by Crippen LogP contribution is 2.37. The number of benzene rings is 1. The predicted octanol–water partition coefficient (Wildman–Crippen LogP) is 6.13. The molecule has 0 radical (unpaired) electrons. The molecule has 1 aliphatic heterocycles. The topological polar surface area (TPSA) is 108 Å². The van der Waals surface area contributed by atoms with E-state index in [1.54, 1.807) is 23.0 Å². The second-order valence-electron chi connectivity index (χ2n) is 10.3. The molecule has 4 unspecified atom stereocenters. The van der Waals surface area contributed by atoms with Gasteiger partial charge in [0.1, 0.15) is 11.6 Å². The quantitative estimate of drug-likeness (QED) is 0.375. The van der Waals surface area contributed by atoms with Crippen LogP contribution in [0.3, 0.4) is 0 Å². The maximum Gasteiger partial charge on any atom is 0.303 e. The van der Waals surface area contributed by atoms with Crippen molar-refractivity contribution in [3.63, 3.8) is 0 Å². The SMILES string of the molecule is CC1C=C(c2cnc3c(C#N)nn(C(C)c4ccc(Cl)cc4Cl)c3n2)CCC1N1CCCC1CCC(=O)O. The van der Waals surface area contributed by atoms with Gasteiger partial charge in [-0.25, -0.2) is 14.6 Å². The highest BCUT2D eigenvalue weighted by molar-refractivity contribution is 6.35. The van der Waals surface area contributed by atoms with Crippen LogP contribution in [-0.4, -0.2) is 54.4 Å². The number of carbonyl (C=O) groups is 1. The average molecular weight is 553 g/mol. The largest absolute Gasteiger partial charge is 0.481 e. The van der Waals surface area contributed by atoms with E-state index >= 15 is 0 Å². The summed E-state index contributed by atoms with van der Waals surface area (Å²) in [5.41, 5.74) is 3.98. The maximum atomic E-state index is 11.1. The van der Waals surface area contributed by atoms with Gasteiger partial charge in [-0.3, -0.25) is 9.69 Å². The Morgan fingerprint density at radius 2 is 2.13 bits per heavy atom. The molecule has 1 aromatic carbocycles. The van der Waals surface area contributed by atoms with Crippen LogP contribution in [0, 0.1) is 17.2 Å². The highest BCUT2D eigenvalue weighted by Gasteiger charge is 2.35. The van der Waals surface area contributed by atoms with Gasteiger partial charge in [0.25, 0.3) is 0 Å². The first-order chi connectivity index (χ1) is 18.3. The first-order valence-electron chi connectivity index (χ1n) is 13.1. The van der Waals surface area contributed by atoms with Crippen LogP contribution >= 0.6 is 23.2 Å². The molecule has 4 atom stereocenters. The minimum Gasteiger partial charge on any atom is -0.481 e. The molecule has 38 heavy (non-hydrogen) atoms. The van der Waals surface area contributed by atoms with Crippen molar-refractivity contribution >= 4 is 45.9 Å². The number of rotatable bonds is 7. The summed E-state index contributed by atoms with van der Waals surface area (Å²) in [5.74, 6) is -0.427. The number of fused-ring (bicyclic) bond motifs is 1. The molecule has 0 amide bonds. The zero-order valence-electron chi connectivity index (χ0n) is 21.4. The van der Waals surface area contributed by atoms with Gasteiger partial charge in [0.15, 0.2) is 11.3 Å². The molecule has 1 fully saturated rings. The van der Waals surface area contributed by atoms with E-state index in [4.69, 9.17) is 33.3 Å². The van der Waals surface area contributed by atoms with Gasteiger partial charge in [-0.1, -0.05) is 42.3 Å².